The molecule has 1 N–H and O–H groups in total. The lowest BCUT2D eigenvalue weighted by molar-refractivity contribution is -0.139. The zero-order valence-electron chi connectivity index (χ0n) is 6.06. The first-order chi connectivity index (χ1) is 5.06. The molecule has 5 heteroatoms. The summed E-state index contributed by atoms with van der Waals surface area (Å²) in [5.74, 6) is -4.40. The van der Waals surface area contributed by atoms with Crippen LogP contribution in [0.5, 0.6) is 0 Å². The lowest BCUT2D eigenvalue weighted by Crippen LogP contribution is -2.32. The van der Waals surface area contributed by atoms with E-state index in [9.17, 15) is 13.6 Å². The monoisotopic (exact) mass is 165 g/mol. The van der Waals surface area contributed by atoms with E-state index in [-0.39, 0.29) is 6.61 Å². The summed E-state index contributed by atoms with van der Waals surface area (Å²) in [5, 5.41) is 2.13. The van der Waals surface area contributed by atoms with E-state index in [2.05, 4.69) is 10.1 Å². The van der Waals surface area contributed by atoms with Gasteiger partial charge in [-0.05, 0) is 0 Å². The SMILES string of the molecule is COCC1CC(F)(F)C(=O)N1. The topological polar surface area (TPSA) is 38.3 Å². The highest BCUT2D eigenvalue weighted by Gasteiger charge is 2.47. The van der Waals surface area contributed by atoms with Crippen molar-refractivity contribution in [3.8, 4) is 0 Å². The Morgan fingerprint density at radius 2 is 2.45 bits per heavy atom. The van der Waals surface area contributed by atoms with Gasteiger partial charge in [-0.3, -0.25) is 4.79 Å². The van der Waals surface area contributed by atoms with Gasteiger partial charge < -0.3 is 10.1 Å². The summed E-state index contributed by atoms with van der Waals surface area (Å²) in [4.78, 5) is 10.5. The number of carbonyl (C=O) groups excluding carboxylic acids is 1. The van der Waals surface area contributed by atoms with Gasteiger partial charge in [-0.25, -0.2) is 0 Å². The van der Waals surface area contributed by atoms with Gasteiger partial charge in [0, 0.05) is 13.5 Å². The zero-order valence-corrected chi connectivity index (χ0v) is 6.06. The normalized spacial score (nSPS) is 28.6. The van der Waals surface area contributed by atoms with Crippen LogP contribution in [0.25, 0.3) is 0 Å². The van der Waals surface area contributed by atoms with Gasteiger partial charge in [0.1, 0.15) is 0 Å². The molecule has 11 heavy (non-hydrogen) atoms. The lowest BCUT2D eigenvalue weighted by Gasteiger charge is -2.05. The number of hydrogen-bond donors (Lipinski definition) is 1. The second-order valence-electron chi connectivity index (χ2n) is 2.53. The molecular formula is C6H9F2NO2. The van der Waals surface area contributed by atoms with Gasteiger partial charge in [0.05, 0.1) is 12.6 Å². The molecule has 0 saturated carbocycles. The van der Waals surface area contributed by atoms with Crippen molar-refractivity contribution < 1.29 is 18.3 Å². The number of rotatable bonds is 2. The Morgan fingerprint density at radius 3 is 2.82 bits per heavy atom. The second kappa shape index (κ2) is 2.73. The molecule has 0 spiro atoms. The van der Waals surface area contributed by atoms with E-state index < -0.39 is 24.3 Å². The Morgan fingerprint density at radius 1 is 1.82 bits per heavy atom. The minimum Gasteiger partial charge on any atom is -0.383 e. The summed E-state index contributed by atoms with van der Waals surface area (Å²) in [6.07, 6.45) is -0.459. The maximum absolute atomic E-state index is 12.4. The highest BCUT2D eigenvalue weighted by Crippen LogP contribution is 2.26. The van der Waals surface area contributed by atoms with Gasteiger partial charge >= 0.3 is 5.92 Å². The maximum atomic E-state index is 12.4. The van der Waals surface area contributed by atoms with E-state index in [1.165, 1.54) is 7.11 Å². The first-order valence-electron chi connectivity index (χ1n) is 3.24. The quantitative estimate of drug-likeness (QED) is 0.632. The molecule has 0 aliphatic carbocycles. The molecule has 1 fully saturated rings. The Kier molecular flexibility index (Phi) is 2.08. The first kappa shape index (κ1) is 8.39. The smallest absolute Gasteiger partial charge is 0.326 e. The molecule has 1 atom stereocenters. The molecule has 1 rings (SSSR count). The van der Waals surface area contributed by atoms with Crippen LogP contribution in [0.3, 0.4) is 0 Å². The Hall–Kier alpha value is -0.710. The zero-order chi connectivity index (χ0) is 8.48. The first-order valence-corrected chi connectivity index (χ1v) is 3.24. The molecule has 0 bridgehead atoms. The third-order valence-corrected chi connectivity index (χ3v) is 1.54. The largest absolute Gasteiger partial charge is 0.383 e. The van der Waals surface area contributed by atoms with Crippen molar-refractivity contribution in [2.45, 2.75) is 18.4 Å². The fraction of sp³-hybridized carbons (Fsp3) is 0.833. The second-order valence-corrected chi connectivity index (χ2v) is 2.53. The van der Waals surface area contributed by atoms with Crippen LogP contribution in [0.1, 0.15) is 6.42 Å². The van der Waals surface area contributed by atoms with E-state index in [1.54, 1.807) is 0 Å². The van der Waals surface area contributed by atoms with Gasteiger partial charge in [0.2, 0.25) is 0 Å². The molecule has 1 saturated heterocycles. The van der Waals surface area contributed by atoms with Crippen LogP contribution >= 0.6 is 0 Å². The van der Waals surface area contributed by atoms with E-state index >= 15 is 0 Å². The van der Waals surface area contributed by atoms with Crippen molar-refractivity contribution in [2.24, 2.45) is 0 Å². The minimum absolute atomic E-state index is 0.140. The predicted octanol–water partition coefficient (Wildman–Crippen LogP) is 0.157. The summed E-state index contributed by atoms with van der Waals surface area (Å²) in [7, 11) is 1.41. The van der Waals surface area contributed by atoms with Gasteiger partial charge in [-0.15, -0.1) is 0 Å². The van der Waals surface area contributed by atoms with Crippen LogP contribution in [0, 0.1) is 0 Å². The fourth-order valence-corrected chi connectivity index (χ4v) is 1.05. The van der Waals surface area contributed by atoms with Crippen molar-refractivity contribution in [2.75, 3.05) is 13.7 Å². The van der Waals surface area contributed by atoms with Crippen molar-refractivity contribution in [1.29, 1.82) is 0 Å². The minimum atomic E-state index is -3.21. The molecule has 1 aliphatic heterocycles. The number of amides is 1. The third-order valence-electron chi connectivity index (χ3n) is 1.54. The van der Waals surface area contributed by atoms with Gasteiger partial charge in [0.25, 0.3) is 5.91 Å². The van der Waals surface area contributed by atoms with Gasteiger partial charge in [0.15, 0.2) is 0 Å². The standard InChI is InChI=1S/C6H9F2NO2/c1-11-3-4-2-6(7,8)5(10)9-4/h4H,2-3H2,1H3,(H,9,10). The highest BCUT2D eigenvalue weighted by atomic mass is 19.3. The van der Waals surface area contributed by atoms with Crippen LogP contribution in [0.4, 0.5) is 8.78 Å². The van der Waals surface area contributed by atoms with Crippen molar-refractivity contribution in [3.05, 3.63) is 0 Å². The van der Waals surface area contributed by atoms with Crippen LogP contribution in [-0.2, 0) is 9.53 Å². The maximum Gasteiger partial charge on any atom is 0.326 e. The van der Waals surface area contributed by atoms with Crippen LogP contribution in [-0.4, -0.2) is 31.6 Å². The molecule has 1 aliphatic rings. The number of ether oxygens (including phenoxy) is 1. The number of alkyl halides is 2. The summed E-state index contributed by atoms with van der Waals surface area (Å²) >= 11 is 0. The molecule has 0 aromatic rings. The van der Waals surface area contributed by atoms with Crippen molar-refractivity contribution in [1.82, 2.24) is 5.32 Å². The summed E-state index contributed by atoms with van der Waals surface area (Å²) < 4.78 is 29.5. The van der Waals surface area contributed by atoms with Gasteiger partial charge in [-0.2, -0.15) is 8.78 Å². The van der Waals surface area contributed by atoms with Crippen molar-refractivity contribution >= 4 is 5.91 Å². The number of nitrogens with one attached hydrogen (secondary N) is 1. The number of methoxy groups -OCH3 is 1. The molecular weight excluding hydrogens is 156 g/mol. The highest BCUT2D eigenvalue weighted by molar-refractivity contribution is 5.85. The van der Waals surface area contributed by atoms with Crippen LogP contribution in [0.15, 0.2) is 0 Å². The number of halogens is 2. The molecule has 1 heterocycles. The number of hydrogen-bond acceptors (Lipinski definition) is 2. The third kappa shape index (κ3) is 1.65. The van der Waals surface area contributed by atoms with E-state index in [1.807, 2.05) is 0 Å². The van der Waals surface area contributed by atoms with E-state index in [0.29, 0.717) is 0 Å². The number of carbonyl (C=O) groups is 1. The molecule has 0 aromatic carbocycles. The molecule has 3 nitrogen and oxygen atoms in total. The molecule has 64 valence electrons. The average molecular weight is 165 g/mol. The van der Waals surface area contributed by atoms with Crippen molar-refractivity contribution in [3.63, 3.8) is 0 Å². The molecule has 0 radical (unpaired) electrons. The summed E-state index contributed by atoms with van der Waals surface area (Å²) in [5.41, 5.74) is 0. The average Bonchev–Trinajstić information content (AvgIpc) is 2.08. The lowest BCUT2D eigenvalue weighted by atomic mass is 10.2. The van der Waals surface area contributed by atoms with Crippen LogP contribution in [0.2, 0.25) is 0 Å². The molecule has 1 unspecified atom stereocenters. The predicted molar refractivity (Wildman–Crippen MR) is 33.4 cm³/mol. The Bertz CT molecular complexity index is 172. The van der Waals surface area contributed by atoms with Crippen LogP contribution < -0.4 is 5.32 Å². The summed E-state index contributed by atoms with van der Waals surface area (Å²) in [6.45, 7) is 0.140. The summed E-state index contributed by atoms with van der Waals surface area (Å²) in [6, 6.07) is -0.539. The fourth-order valence-electron chi connectivity index (χ4n) is 1.05. The molecule has 1 amide bonds. The molecule has 0 aromatic heterocycles. The Balaban J connectivity index is 2.50. The van der Waals surface area contributed by atoms with Gasteiger partial charge in [-0.1, -0.05) is 0 Å². The van der Waals surface area contributed by atoms with E-state index in [4.69, 9.17) is 0 Å². The van der Waals surface area contributed by atoms with E-state index in [0.717, 1.165) is 0 Å². The Labute approximate surface area is 62.7 Å².